The van der Waals surface area contributed by atoms with E-state index in [4.69, 9.17) is 0 Å². The van der Waals surface area contributed by atoms with Crippen LogP contribution < -0.4 is 0 Å². The molecule has 0 bridgehead atoms. The first-order valence-electron chi connectivity index (χ1n) is 10.6. The van der Waals surface area contributed by atoms with Crippen molar-refractivity contribution in [2.45, 2.75) is 60.4 Å². The number of aryl methyl sites for hydroxylation is 4. The van der Waals surface area contributed by atoms with E-state index in [1.807, 2.05) is 0 Å². The van der Waals surface area contributed by atoms with Crippen LogP contribution in [0.3, 0.4) is 0 Å². The van der Waals surface area contributed by atoms with Gasteiger partial charge in [0.1, 0.15) is 0 Å². The maximum absolute atomic E-state index is 3.05. The van der Waals surface area contributed by atoms with E-state index in [9.17, 15) is 0 Å². The van der Waals surface area contributed by atoms with Crippen molar-refractivity contribution in [1.29, 1.82) is 0 Å². The second-order valence-corrected chi connectivity index (χ2v) is 30.8. The van der Waals surface area contributed by atoms with Crippen LogP contribution in [-0.4, -0.2) is 7.63 Å². The third kappa shape index (κ3) is 3.55. The molecule has 2 aromatic rings. The fraction of sp³-hybridized carbons (Fsp3) is 0.385. The predicted octanol–water partition coefficient (Wildman–Crippen LogP) is 7.71. The van der Waals surface area contributed by atoms with Crippen molar-refractivity contribution in [2.75, 3.05) is 0 Å². The van der Waals surface area contributed by atoms with Crippen LogP contribution in [0.25, 0.3) is 12.2 Å². The van der Waals surface area contributed by atoms with Crippen LogP contribution in [-0.2, 0) is 14.0 Å². The van der Waals surface area contributed by atoms with Gasteiger partial charge in [0.25, 0.3) is 0 Å². The van der Waals surface area contributed by atoms with Gasteiger partial charge in [-0.25, -0.2) is 0 Å². The monoisotopic (exact) mass is 494 g/mol. The quantitative estimate of drug-likeness (QED) is 0.375. The molecular formula is C26H36Cl2SiTi. The Hall–Kier alpha value is -0.569. The number of halogens is 2. The summed E-state index contributed by atoms with van der Waals surface area (Å²) in [6.45, 7) is 14.0. The van der Waals surface area contributed by atoms with Crippen molar-refractivity contribution in [3.8, 4) is 0 Å². The van der Waals surface area contributed by atoms with E-state index in [0.717, 1.165) is 0 Å². The number of hydrogen-bond donors (Lipinski definition) is 0. The molecule has 0 saturated carbocycles. The molecule has 0 nitrogen and oxygen atoms in total. The summed E-state index contributed by atoms with van der Waals surface area (Å²) >= 11 is -3.05. The first kappa shape index (κ1) is 25.7. The Kier molecular flexibility index (Phi) is 6.93. The van der Waals surface area contributed by atoms with Crippen LogP contribution in [0.2, 0.25) is 10.5 Å². The molecule has 0 spiro atoms. The molecule has 0 amide bonds. The molecule has 2 aliphatic rings. The normalized spacial score (nSPS) is 19.9. The van der Waals surface area contributed by atoms with Crippen LogP contribution in [0.5, 0.6) is 0 Å². The minimum atomic E-state index is -3.05. The fourth-order valence-corrected chi connectivity index (χ4v) is 20.5. The van der Waals surface area contributed by atoms with Gasteiger partial charge in [-0.2, -0.15) is 0 Å². The Bertz CT molecular complexity index is 1080. The molecule has 0 saturated heterocycles. The zero-order chi connectivity index (χ0) is 20.6. The van der Waals surface area contributed by atoms with Crippen LogP contribution in [0.4, 0.5) is 0 Å². The fourth-order valence-electron chi connectivity index (χ4n) is 6.55. The molecule has 0 fully saturated rings. The summed E-state index contributed by atoms with van der Waals surface area (Å²) in [7, 11) is 2.42. The van der Waals surface area contributed by atoms with E-state index in [1.54, 1.807) is 22.3 Å². The van der Waals surface area contributed by atoms with Gasteiger partial charge in [-0.15, -0.1) is 24.8 Å². The molecule has 162 valence electrons. The molecule has 0 aliphatic heterocycles. The Balaban J connectivity index is 0.00000160. The number of fused-ring (bicyclic) bond motifs is 2. The van der Waals surface area contributed by atoms with E-state index in [0.29, 0.717) is 8.45 Å². The van der Waals surface area contributed by atoms with Crippen molar-refractivity contribution in [3.63, 3.8) is 0 Å². The molecule has 0 aromatic heterocycles. The van der Waals surface area contributed by atoms with Gasteiger partial charge in [-0.1, -0.05) is 0 Å². The van der Waals surface area contributed by atoms with E-state index >= 15 is 0 Å². The molecule has 4 rings (SSSR count). The average molecular weight is 495 g/mol. The third-order valence-corrected chi connectivity index (χ3v) is 19.2. The number of rotatable bonds is 2. The topological polar surface area (TPSA) is 0 Å². The smallest absolute Gasteiger partial charge is 0.147 e. The molecule has 30 heavy (non-hydrogen) atoms. The van der Waals surface area contributed by atoms with E-state index in [2.05, 4.69) is 96.0 Å². The largest absolute Gasteiger partial charge is 0.147 e. The van der Waals surface area contributed by atoms with Crippen molar-refractivity contribution in [3.05, 3.63) is 79.9 Å². The Morgan fingerprint density at radius 3 is 1.23 bits per heavy atom. The number of benzene rings is 2. The number of hydrogen-bond acceptors (Lipinski definition) is 0. The molecule has 0 heterocycles. The molecule has 0 radical (unpaired) electrons. The summed E-state index contributed by atoms with van der Waals surface area (Å²) in [4.78, 5) is 0. The summed E-state index contributed by atoms with van der Waals surface area (Å²) < 4.78 is 1.23. The summed E-state index contributed by atoms with van der Waals surface area (Å²) in [5, 5.41) is 5.43. The average Bonchev–Trinajstić information content (AvgIpc) is 3.14. The molecule has 2 aromatic carbocycles. The summed E-state index contributed by atoms with van der Waals surface area (Å²) in [6.07, 6.45) is 5.01. The number of allylic oxidation sites excluding steroid dienone is 2. The zero-order valence-electron chi connectivity index (χ0n) is 19.6. The maximum atomic E-state index is 2.72. The van der Waals surface area contributed by atoms with Crippen LogP contribution >= 0.6 is 24.8 Å². The second-order valence-electron chi connectivity index (χ2n) is 10.6. The van der Waals surface area contributed by atoms with Crippen molar-refractivity contribution >= 4 is 44.6 Å². The van der Waals surface area contributed by atoms with Crippen molar-refractivity contribution in [2.24, 2.45) is 0 Å². The first-order chi connectivity index (χ1) is 12.9. The van der Waals surface area contributed by atoms with Gasteiger partial charge in [-0.05, 0) is 0 Å². The molecular weight excluding hydrogens is 459 g/mol. The van der Waals surface area contributed by atoms with Gasteiger partial charge in [0, 0.05) is 0 Å². The standard InChI is InChI=1S/2C12H13.2CH3.2ClH.H2Si.Ti/c2*1-8-6-11-9(2)4-5-10(3)12(11)7-8;;;;;;/h2*4-7H,1-3H3;2*1H3;2*1H;1H2;. The third-order valence-electron chi connectivity index (χ3n) is 7.57. The Morgan fingerprint density at radius 2 is 0.900 bits per heavy atom. The maximum Gasteiger partial charge on any atom is -0.147 e. The molecule has 2 atom stereocenters. The second kappa shape index (κ2) is 8.09. The summed E-state index contributed by atoms with van der Waals surface area (Å²) in [5.41, 5.74) is 15.3. The zero-order valence-corrected chi connectivity index (χ0v) is 24.3. The molecule has 4 heteroatoms. The minimum Gasteiger partial charge on any atom is -0.147 e. The van der Waals surface area contributed by atoms with Crippen molar-refractivity contribution < 1.29 is 14.0 Å². The van der Waals surface area contributed by atoms with E-state index in [1.165, 1.54) is 33.4 Å². The van der Waals surface area contributed by atoms with Gasteiger partial charge < -0.3 is 0 Å². The Labute approximate surface area is 198 Å². The molecule has 0 N–H and O–H groups in total. The summed E-state index contributed by atoms with van der Waals surface area (Å²) in [6, 6.07) is 9.30. The summed E-state index contributed by atoms with van der Waals surface area (Å²) in [5.74, 6) is 0. The van der Waals surface area contributed by atoms with Crippen LogP contribution in [0.15, 0.2) is 35.4 Å². The minimum absolute atomic E-state index is 0. The SMILES string of the molecule is CC1=Cc2c(C)ccc(C)c2[CH]1[Ti]([CH3])([CH3])(=[SiH2])[CH]1C(C)=Cc2c(C)ccc(C)c21.Cl.Cl. The predicted molar refractivity (Wildman–Crippen MR) is 139 cm³/mol. The molecule has 2 unspecified atom stereocenters. The van der Waals surface area contributed by atoms with E-state index < -0.39 is 14.0 Å². The van der Waals surface area contributed by atoms with Gasteiger partial charge >= 0.3 is 174 Å². The first-order valence-corrected chi connectivity index (χ1v) is 19.5. The van der Waals surface area contributed by atoms with E-state index in [-0.39, 0.29) is 24.8 Å². The van der Waals surface area contributed by atoms with Gasteiger partial charge in [-0.3, -0.25) is 0 Å². The van der Waals surface area contributed by atoms with Gasteiger partial charge in [0.05, 0.1) is 0 Å². The van der Waals surface area contributed by atoms with Crippen LogP contribution in [0.1, 0.15) is 66.8 Å². The van der Waals surface area contributed by atoms with Crippen LogP contribution in [0, 0.1) is 27.7 Å². The van der Waals surface area contributed by atoms with Gasteiger partial charge in [0.15, 0.2) is 0 Å². The van der Waals surface area contributed by atoms with Crippen molar-refractivity contribution in [1.82, 2.24) is 0 Å². The van der Waals surface area contributed by atoms with Gasteiger partial charge in [0.2, 0.25) is 0 Å². The Morgan fingerprint density at radius 1 is 0.600 bits per heavy atom. The molecule has 2 aliphatic carbocycles.